The molecule has 0 amide bonds. The fourth-order valence-electron chi connectivity index (χ4n) is 4.23. The Kier molecular flexibility index (Phi) is 8.32. The zero-order valence-electron chi connectivity index (χ0n) is 20.5. The molecule has 0 aliphatic rings. The third-order valence-corrected chi connectivity index (χ3v) is 5.95. The molecule has 4 rings (SSSR count). The number of nitrogens with zero attached hydrogens (tertiary/aromatic N) is 1. The zero-order valence-corrected chi connectivity index (χ0v) is 20.5. The Morgan fingerprint density at radius 1 is 1.00 bits per heavy atom. The molecular weight excluding hydrogens is 452 g/mol. The van der Waals surface area contributed by atoms with E-state index in [0.717, 1.165) is 63.4 Å². The molecule has 36 heavy (non-hydrogen) atoms. The first-order valence-corrected chi connectivity index (χ1v) is 12.0. The molecule has 0 fully saturated rings. The van der Waals surface area contributed by atoms with E-state index in [-0.39, 0.29) is 0 Å². The highest BCUT2D eigenvalue weighted by atomic mass is 16.5. The van der Waals surface area contributed by atoms with Crippen molar-refractivity contribution in [3.8, 4) is 5.75 Å². The normalized spacial score (nSPS) is 12.2. The molecule has 6 nitrogen and oxygen atoms in total. The quantitative estimate of drug-likeness (QED) is 0.146. The molecular formula is C30H30N2O4. The number of hydrogen-bond donors (Lipinski definition) is 2. The van der Waals surface area contributed by atoms with Gasteiger partial charge in [0.05, 0.1) is 18.3 Å². The number of aromatic nitrogens is 2. The van der Waals surface area contributed by atoms with Crippen molar-refractivity contribution in [2.45, 2.75) is 19.8 Å². The molecule has 6 heteroatoms. The minimum absolute atomic E-state index is 0.595. The van der Waals surface area contributed by atoms with Crippen LogP contribution in [0.4, 0.5) is 0 Å². The molecule has 2 N–H and O–H groups in total. The summed E-state index contributed by atoms with van der Waals surface area (Å²) < 4.78 is 11.1. The van der Waals surface area contributed by atoms with Crippen LogP contribution in [0.3, 0.4) is 0 Å². The van der Waals surface area contributed by atoms with E-state index in [4.69, 9.17) is 14.6 Å². The van der Waals surface area contributed by atoms with E-state index in [1.807, 2.05) is 48.7 Å². The second-order valence-electron chi connectivity index (χ2n) is 8.40. The summed E-state index contributed by atoms with van der Waals surface area (Å²) >= 11 is 0. The SMILES string of the molecule is CCC(=C(c1ccc(C=CC(=O)O)cc1)c1ccc2[nH]ncc2c1)c1cccc(OCCCOC)c1. The Bertz CT molecular complexity index is 1380. The summed E-state index contributed by atoms with van der Waals surface area (Å²) in [5.41, 5.74) is 7.35. The van der Waals surface area contributed by atoms with Gasteiger partial charge in [0.15, 0.2) is 0 Å². The number of methoxy groups -OCH3 is 1. The average Bonchev–Trinajstić information content (AvgIpc) is 3.37. The smallest absolute Gasteiger partial charge is 0.328 e. The highest BCUT2D eigenvalue weighted by Crippen LogP contribution is 2.36. The number of benzene rings is 3. The van der Waals surface area contributed by atoms with Crippen molar-refractivity contribution in [1.29, 1.82) is 0 Å². The van der Waals surface area contributed by atoms with Gasteiger partial charge in [0, 0.05) is 31.6 Å². The summed E-state index contributed by atoms with van der Waals surface area (Å²) in [6.07, 6.45) is 6.21. The van der Waals surface area contributed by atoms with Crippen molar-refractivity contribution in [3.63, 3.8) is 0 Å². The number of hydrogen-bond acceptors (Lipinski definition) is 4. The summed E-state index contributed by atoms with van der Waals surface area (Å²) in [7, 11) is 1.69. The third kappa shape index (κ3) is 6.09. The van der Waals surface area contributed by atoms with Crippen molar-refractivity contribution in [1.82, 2.24) is 10.2 Å². The van der Waals surface area contributed by atoms with E-state index in [1.54, 1.807) is 13.2 Å². The van der Waals surface area contributed by atoms with Gasteiger partial charge in [0.1, 0.15) is 5.75 Å². The molecule has 0 saturated heterocycles. The molecule has 0 bridgehead atoms. The van der Waals surface area contributed by atoms with Gasteiger partial charge >= 0.3 is 5.97 Å². The zero-order chi connectivity index (χ0) is 25.3. The van der Waals surface area contributed by atoms with Crippen LogP contribution in [0, 0.1) is 0 Å². The maximum atomic E-state index is 10.9. The van der Waals surface area contributed by atoms with Gasteiger partial charge in [-0.2, -0.15) is 5.10 Å². The first kappa shape index (κ1) is 24.9. The van der Waals surface area contributed by atoms with Gasteiger partial charge in [0.2, 0.25) is 0 Å². The molecule has 0 aliphatic carbocycles. The average molecular weight is 483 g/mol. The Morgan fingerprint density at radius 2 is 1.81 bits per heavy atom. The summed E-state index contributed by atoms with van der Waals surface area (Å²) in [5, 5.41) is 17.2. The van der Waals surface area contributed by atoms with Gasteiger partial charge in [0.25, 0.3) is 0 Å². The van der Waals surface area contributed by atoms with Crippen LogP contribution < -0.4 is 4.74 Å². The summed E-state index contributed by atoms with van der Waals surface area (Å²) in [4.78, 5) is 10.9. The molecule has 0 atom stereocenters. The molecule has 0 saturated carbocycles. The van der Waals surface area contributed by atoms with Gasteiger partial charge in [-0.1, -0.05) is 49.4 Å². The van der Waals surface area contributed by atoms with Crippen LogP contribution in [0.2, 0.25) is 0 Å². The fraction of sp³-hybridized carbons (Fsp3) is 0.200. The number of carbonyl (C=O) groups is 1. The van der Waals surface area contributed by atoms with Gasteiger partial charge in [-0.3, -0.25) is 5.10 Å². The maximum Gasteiger partial charge on any atom is 0.328 e. The highest BCUT2D eigenvalue weighted by Gasteiger charge is 2.15. The van der Waals surface area contributed by atoms with Gasteiger partial charge in [-0.25, -0.2) is 4.79 Å². The Labute approximate surface area is 210 Å². The number of H-pyrrole nitrogens is 1. The van der Waals surface area contributed by atoms with Crippen LogP contribution in [-0.2, 0) is 9.53 Å². The van der Waals surface area contributed by atoms with E-state index in [9.17, 15) is 4.79 Å². The predicted molar refractivity (Wildman–Crippen MR) is 144 cm³/mol. The molecule has 184 valence electrons. The highest BCUT2D eigenvalue weighted by molar-refractivity contribution is 6.00. The second-order valence-corrected chi connectivity index (χ2v) is 8.40. The molecule has 0 unspecified atom stereocenters. The van der Waals surface area contributed by atoms with Crippen LogP contribution in [-0.4, -0.2) is 41.6 Å². The van der Waals surface area contributed by atoms with Crippen molar-refractivity contribution in [2.24, 2.45) is 0 Å². The van der Waals surface area contributed by atoms with E-state index in [0.29, 0.717) is 13.2 Å². The molecule has 3 aromatic carbocycles. The fourth-order valence-corrected chi connectivity index (χ4v) is 4.23. The molecule has 0 aliphatic heterocycles. The lowest BCUT2D eigenvalue weighted by molar-refractivity contribution is -0.131. The number of fused-ring (bicyclic) bond motifs is 1. The van der Waals surface area contributed by atoms with Crippen molar-refractivity contribution >= 4 is 34.1 Å². The largest absolute Gasteiger partial charge is 0.493 e. The number of ether oxygens (including phenoxy) is 2. The van der Waals surface area contributed by atoms with Gasteiger partial charge in [-0.05, 0) is 70.2 Å². The summed E-state index contributed by atoms with van der Waals surface area (Å²) in [6, 6.07) is 22.5. The number of aliphatic carboxylic acids is 1. The van der Waals surface area contributed by atoms with Crippen molar-refractivity contribution < 1.29 is 19.4 Å². The second kappa shape index (κ2) is 12.0. The van der Waals surface area contributed by atoms with E-state index >= 15 is 0 Å². The number of carboxylic acids is 1. The summed E-state index contributed by atoms with van der Waals surface area (Å²) in [6.45, 7) is 3.41. The summed E-state index contributed by atoms with van der Waals surface area (Å²) in [5.74, 6) is -0.140. The first-order valence-electron chi connectivity index (χ1n) is 12.0. The maximum absolute atomic E-state index is 10.9. The van der Waals surface area contributed by atoms with Crippen LogP contribution >= 0.6 is 0 Å². The number of rotatable bonds is 11. The van der Waals surface area contributed by atoms with E-state index in [2.05, 4.69) is 41.4 Å². The minimum atomic E-state index is -0.967. The molecule has 0 spiro atoms. The number of carboxylic acid groups (broad SMARTS) is 1. The van der Waals surface area contributed by atoms with E-state index in [1.165, 1.54) is 5.57 Å². The Balaban J connectivity index is 1.80. The monoisotopic (exact) mass is 482 g/mol. The molecule has 4 aromatic rings. The predicted octanol–water partition coefficient (Wildman–Crippen LogP) is 6.45. The molecule has 0 radical (unpaired) electrons. The lowest BCUT2D eigenvalue weighted by Crippen LogP contribution is -2.02. The number of allylic oxidation sites excluding steroid dienone is 1. The number of aromatic amines is 1. The topological polar surface area (TPSA) is 84.4 Å². The van der Waals surface area contributed by atoms with Gasteiger partial charge in [-0.15, -0.1) is 0 Å². The van der Waals surface area contributed by atoms with E-state index < -0.39 is 5.97 Å². The standard InChI is InChI=1S/C30H30N2O4/c1-3-27(23-6-4-7-26(19-23)36-17-5-16-35-2)30(24-13-14-28-25(18-24)20-31-32-28)22-11-8-21(9-12-22)10-15-29(33)34/h4,6-15,18-20H,3,5,16-17H2,1-2H3,(H,31,32)(H,33,34). The lowest BCUT2D eigenvalue weighted by atomic mass is 9.87. The van der Waals surface area contributed by atoms with Crippen LogP contribution in [0.15, 0.2) is 79.0 Å². The molecule has 1 heterocycles. The first-order chi connectivity index (χ1) is 17.6. The Morgan fingerprint density at radius 3 is 2.56 bits per heavy atom. The van der Waals surface area contributed by atoms with Crippen molar-refractivity contribution in [3.05, 3.63) is 101 Å². The van der Waals surface area contributed by atoms with Crippen molar-refractivity contribution in [2.75, 3.05) is 20.3 Å². The van der Waals surface area contributed by atoms with Crippen LogP contribution in [0.25, 0.3) is 28.1 Å². The molecule has 1 aromatic heterocycles. The lowest BCUT2D eigenvalue weighted by Gasteiger charge is -2.17. The van der Waals surface area contributed by atoms with Crippen LogP contribution in [0.5, 0.6) is 5.75 Å². The third-order valence-electron chi connectivity index (χ3n) is 5.95. The Hall–Kier alpha value is -4.16. The number of nitrogens with one attached hydrogen (secondary N) is 1. The minimum Gasteiger partial charge on any atom is -0.493 e. The van der Waals surface area contributed by atoms with Crippen LogP contribution in [0.1, 0.15) is 42.0 Å². The van der Waals surface area contributed by atoms with Gasteiger partial charge < -0.3 is 14.6 Å².